The molecule has 0 spiro atoms. The number of amides is 1. The van der Waals surface area contributed by atoms with Crippen LogP contribution < -0.4 is 5.32 Å². The van der Waals surface area contributed by atoms with Gasteiger partial charge in [-0.05, 0) is 24.5 Å². The summed E-state index contributed by atoms with van der Waals surface area (Å²) < 4.78 is 5.74. The maximum atomic E-state index is 12.2. The zero-order valence-electron chi connectivity index (χ0n) is 15.2. The summed E-state index contributed by atoms with van der Waals surface area (Å²) in [6.07, 6.45) is 3.56. The van der Waals surface area contributed by atoms with E-state index in [9.17, 15) is 4.79 Å². The van der Waals surface area contributed by atoms with Crippen molar-refractivity contribution < 1.29 is 9.21 Å². The molecule has 1 amide bonds. The second-order valence-corrected chi connectivity index (χ2v) is 6.37. The molecule has 1 heterocycles. The van der Waals surface area contributed by atoms with Crippen molar-refractivity contribution in [1.29, 1.82) is 0 Å². The number of nitrogens with one attached hydrogen (secondary N) is 1. The van der Waals surface area contributed by atoms with Gasteiger partial charge in [0, 0.05) is 18.4 Å². The van der Waals surface area contributed by atoms with E-state index >= 15 is 0 Å². The highest BCUT2D eigenvalue weighted by Gasteiger charge is 2.12. The van der Waals surface area contributed by atoms with E-state index in [4.69, 9.17) is 4.42 Å². The number of nitrogens with zero attached hydrogens (tertiary/aromatic N) is 1. The average Bonchev–Trinajstić information content (AvgIpc) is 3.16. The molecular formula is C22H24N2O2. The summed E-state index contributed by atoms with van der Waals surface area (Å²) in [5.74, 6) is 1.31. The third-order valence-corrected chi connectivity index (χ3v) is 4.44. The number of hydrogen-bond acceptors (Lipinski definition) is 3. The molecule has 0 saturated carbocycles. The third kappa shape index (κ3) is 4.60. The molecule has 4 heteroatoms. The van der Waals surface area contributed by atoms with Gasteiger partial charge >= 0.3 is 0 Å². The second kappa shape index (κ2) is 8.48. The van der Waals surface area contributed by atoms with Crippen LogP contribution in [0.3, 0.4) is 0 Å². The zero-order chi connectivity index (χ0) is 18.4. The summed E-state index contributed by atoms with van der Waals surface area (Å²) in [5, 5.41) is 3.03. The van der Waals surface area contributed by atoms with Crippen LogP contribution in [0.2, 0.25) is 0 Å². The monoisotopic (exact) mass is 348 g/mol. The summed E-state index contributed by atoms with van der Waals surface area (Å²) >= 11 is 0. The number of aromatic nitrogens is 1. The molecule has 3 rings (SSSR count). The molecule has 2 aromatic carbocycles. The van der Waals surface area contributed by atoms with Gasteiger partial charge in [-0.3, -0.25) is 4.79 Å². The van der Waals surface area contributed by atoms with Gasteiger partial charge in [0.2, 0.25) is 5.91 Å². The molecule has 1 aromatic heterocycles. The van der Waals surface area contributed by atoms with Gasteiger partial charge in [-0.2, -0.15) is 0 Å². The number of carbonyl (C=O) groups excluding carboxylic acids is 1. The van der Waals surface area contributed by atoms with Gasteiger partial charge in [-0.25, -0.2) is 4.98 Å². The van der Waals surface area contributed by atoms with Crippen molar-refractivity contribution in [1.82, 2.24) is 10.3 Å². The SMILES string of the molecule is CCc1ccc(C(C)NC(=O)CCc2ncc(-c3ccccc3)o2)cc1. The standard InChI is InChI=1S/C22H24N2O2/c1-3-17-9-11-18(12-10-17)16(2)24-21(25)13-14-22-23-15-20(26-22)19-7-5-4-6-8-19/h4-12,15-16H,3,13-14H2,1-2H3,(H,24,25). The zero-order valence-corrected chi connectivity index (χ0v) is 15.2. The number of carbonyl (C=O) groups is 1. The number of oxazole rings is 1. The fourth-order valence-electron chi connectivity index (χ4n) is 2.82. The molecule has 3 aromatic rings. The number of aryl methyl sites for hydroxylation is 2. The van der Waals surface area contributed by atoms with Crippen LogP contribution in [-0.2, 0) is 17.6 Å². The Morgan fingerprint density at radius 2 is 1.85 bits per heavy atom. The first-order valence-electron chi connectivity index (χ1n) is 9.04. The Hall–Kier alpha value is -2.88. The highest BCUT2D eigenvalue weighted by molar-refractivity contribution is 5.76. The molecule has 4 nitrogen and oxygen atoms in total. The smallest absolute Gasteiger partial charge is 0.220 e. The van der Waals surface area contributed by atoms with Crippen LogP contribution in [0.4, 0.5) is 0 Å². The van der Waals surface area contributed by atoms with Gasteiger partial charge in [-0.15, -0.1) is 0 Å². The lowest BCUT2D eigenvalue weighted by Crippen LogP contribution is -2.26. The number of hydrogen-bond donors (Lipinski definition) is 1. The van der Waals surface area contributed by atoms with Gasteiger partial charge in [0.05, 0.1) is 12.2 Å². The third-order valence-electron chi connectivity index (χ3n) is 4.44. The minimum absolute atomic E-state index is 0.00321. The summed E-state index contributed by atoms with van der Waals surface area (Å²) in [6, 6.07) is 18.2. The summed E-state index contributed by atoms with van der Waals surface area (Å²) in [6.45, 7) is 4.13. The average molecular weight is 348 g/mol. The number of benzene rings is 2. The molecule has 1 N–H and O–H groups in total. The second-order valence-electron chi connectivity index (χ2n) is 6.37. The molecule has 0 bridgehead atoms. The van der Waals surface area contributed by atoms with Gasteiger partial charge < -0.3 is 9.73 Å². The Bertz CT molecular complexity index is 838. The molecule has 26 heavy (non-hydrogen) atoms. The highest BCUT2D eigenvalue weighted by atomic mass is 16.4. The first kappa shape index (κ1) is 17.9. The van der Waals surface area contributed by atoms with Crippen molar-refractivity contribution in [3.63, 3.8) is 0 Å². The molecule has 0 fully saturated rings. The summed E-state index contributed by atoms with van der Waals surface area (Å²) in [5.41, 5.74) is 3.39. The predicted molar refractivity (Wildman–Crippen MR) is 103 cm³/mol. The van der Waals surface area contributed by atoms with Crippen LogP contribution in [0.25, 0.3) is 11.3 Å². The Morgan fingerprint density at radius 3 is 2.54 bits per heavy atom. The molecule has 1 atom stereocenters. The molecule has 0 radical (unpaired) electrons. The largest absolute Gasteiger partial charge is 0.441 e. The van der Waals surface area contributed by atoms with Crippen molar-refractivity contribution in [3.8, 4) is 11.3 Å². The minimum Gasteiger partial charge on any atom is -0.441 e. The van der Waals surface area contributed by atoms with E-state index in [0.29, 0.717) is 18.7 Å². The lowest BCUT2D eigenvalue weighted by Gasteiger charge is -2.14. The van der Waals surface area contributed by atoms with Crippen molar-refractivity contribution in [3.05, 3.63) is 77.8 Å². The molecule has 1 unspecified atom stereocenters. The van der Waals surface area contributed by atoms with E-state index in [-0.39, 0.29) is 11.9 Å². The highest BCUT2D eigenvalue weighted by Crippen LogP contribution is 2.20. The van der Waals surface area contributed by atoms with Crippen LogP contribution in [-0.4, -0.2) is 10.9 Å². The molecule has 0 aliphatic carbocycles. The summed E-state index contributed by atoms with van der Waals surface area (Å²) in [7, 11) is 0. The van der Waals surface area contributed by atoms with Crippen LogP contribution >= 0.6 is 0 Å². The molecule has 0 aliphatic rings. The Kier molecular flexibility index (Phi) is 5.84. The van der Waals surface area contributed by atoms with Crippen LogP contribution in [0, 0.1) is 0 Å². The van der Waals surface area contributed by atoms with E-state index in [1.54, 1.807) is 6.20 Å². The predicted octanol–water partition coefficient (Wildman–Crippen LogP) is 4.71. The molecule has 134 valence electrons. The topological polar surface area (TPSA) is 55.1 Å². The van der Waals surface area contributed by atoms with Gasteiger partial charge in [0.1, 0.15) is 0 Å². The first-order valence-corrected chi connectivity index (χ1v) is 9.04. The van der Waals surface area contributed by atoms with Gasteiger partial charge in [-0.1, -0.05) is 61.5 Å². The van der Waals surface area contributed by atoms with Crippen molar-refractivity contribution >= 4 is 5.91 Å². The Labute approximate surface area is 154 Å². The maximum Gasteiger partial charge on any atom is 0.220 e. The van der Waals surface area contributed by atoms with E-state index in [1.807, 2.05) is 37.3 Å². The normalized spacial score (nSPS) is 11.9. The van der Waals surface area contributed by atoms with Crippen LogP contribution in [0.1, 0.15) is 43.3 Å². The van der Waals surface area contributed by atoms with Crippen molar-refractivity contribution in [2.24, 2.45) is 0 Å². The van der Waals surface area contributed by atoms with E-state index < -0.39 is 0 Å². The van der Waals surface area contributed by atoms with Gasteiger partial charge in [0.15, 0.2) is 11.7 Å². The Balaban J connectivity index is 1.51. The fraction of sp³-hybridized carbons (Fsp3) is 0.273. The van der Waals surface area contributed by atoms with E-state index in [0.717, 1.165) is 23.3 Å². The van der Waals surface area contributed by atoms with Crippen LogP contribution in [0.15, 0.2) is 65.2 Å². The minimum atomic E-state index is -0.0159. The maximum absolute atomic E-state index is 12.2. The molecule has 0 aliphatic heterocycles. The van der Waals surface area contributed by atoms with E-state index in [2.05, 4.69) is 41.5 Å². The quantitative estimate of drug-likeness (QED) is 0.672. The molecule has 0 saturated heterocycles. The fourth-order valence-corrected chi connectivity index (χ4v) is 2.82. The Morgan fingerprint density at radius 1 is 1.12 bits per heavy atom. The lowest BCUT2D eigenvalue weighted by atomic mass is 10.0. The van der Waals surface area contributed by atoms with Crippen LogP contribution in [0.5, 0.6) is 0 Å². The molecular weight excluding hydrogens is 324 g/mol. The van der Waals surface area contributed by atoms with Crippen molar-refractivity contribution in [2.45, 2.75) is 39.2 Å². The first-order chi connectivity index (χ1) is 12.7. The van der Waals surface area contributed by atoms with Gasteiger partial charge in [0.25, 0.3) is 0 Å². The van der Waals surface area contributed by atoms with E-state index in [1.165, 1.54) is 5.56 Å². The number of rotatable bonds is 7. The summed E-state index contributed by atoms with van der Waals surface area (Å²) in [4.78, 5) is 16.5. The van der Waals surface area contributed by atoms with Crippen molar-refractivity contribution in [2.75, 3.05) is 0 Å². The lowest BCUT2D eigenvalue weighted by molar-refractivity contribution is -0.121.